The van der Waals surface area contributed by atoms with Crippen LogP contribution in [0.25, 0.3) is 11.1 Å². The molecule has 0 saturated carbocycles. The van der Waals surface area contributed by atoms with Gasteiger partial charge in [0.2, 0.25) is 0 Å². The standard InChI is InChI=1S/C15H14N2O2/c1-10-8-13(14(9-16)15(18)17(10)2)11-4-6-12(19-3)7-5-11/h4-8H,1-3H3. The fourth-order valence-electron chi connectivity index (χ4n) is 1.93. The highest BCUT2D eigenvalue weighted by Gasteiger charge is 2.12. The summed E-state index contributed by atoms with van der Waals surface area (Å²) in [7, 11) is 3.26. The molecule has 0 saturated heterocycles. The molecular weight excluding hydrogens is 240 g/mol. The van der Waals surface area contributed by atoms with Gasteiger partial charge in [-0.25, -0.2) is 0 Å². The molecule has 19 heavy (non-hydrogen) atoms. The average molecular weight is 254 g/mol. The van der Waals surface area contributed by atoms with Crippen LogP contribution in [-0.4, -0.2) is 11.7 Å². The molecule has 1 aromatic carbocycles. The predicted molar refractivity (Wildman–Crippen MR) is 73.1 cm³/mol. The van der Waals surface area contributed by atoms with Gasteiger partial charge in [-0.05, 0) is 30.7 Å². The molecule has 1 heterocycles. The van der Waals surface area contributed by atoms with Gasteiger partial charge in [-0.3, -0.25) is 4.79 Å². The second-order valence-corrected chi connectivity index (χ2v) is 4.28. The maximum atomic E-state index is 12.1. The lowest BCUT2D eigenvalue weighted by atomic mass is 10.0. The van der Waals surface area contributed by atoms with Crippen molar-refractivity contribution in [3.8, 4) is 22.9 Å². The van der Waals surface area contributed by atoms with Crippen LogP contribution in [0.5, 0.6) is 5.75 Å². The summed E-state index contributed by atoms with van der Waals surface area (Å²) < 4.78 is 6.58. The van der Waals surface area contributed by atoms with Crippen molar-refractivity contribution in [1.82, 2.24) is 4.57 Å². The second-order valence-electron chi connectivity index (χ2n) is 4.28. The number of ether oxygens (including phenoxy) is 1. The van der Waals surface area contributed by atoms with E-state index >= 15 is 0 Å². The van der Waals surface area contributed by atoms with Gasteiger partial charge in [0, 0.05) is 18.3 Å². The zero-order chi connectivity index (χ0) is 14.0. The molecule has 0 N–H and O–H groups in total. The van der Waals surface area contributed by atoms with Gasteiger partial charge in [0.25, 0.3) is 5.56 Å². The number of rotatable bonds is 2. The maximum absolute atomic E-state index is 12.1. The lowest BCUT2D eigenvalue weighted by Crippen LogP contribution is -2.22. The Balaban J connectivity index is 2.68. The van der Waals surface area contributed by atoms with Crippen LogP contribution in [0.2, 0.25) is 0 Å². The molecule has 4 heteroatoms. The summed E-state index contributed by atoms with van der Waals surface area (Å²) in [5.41, 5.74) is 2.20. The first-order chi connectivity index (χ1) is 9.08. The fraction of sp³-hybridized carbons (Fsp3) is 0.200. The normalized spacial score (nSPS) is 10.0. The summed E-state index contributed by atoms with van der Waals surface area (Å²) in [4.78, 5) is 12.1. The van der Waals surface area contributed by atoms with Gasteiger partial charge in [-0.2, -0.15) is 5.26 Å². The summed E-state index contributed by atoms with van der Waals surface area (Å²) >= 11 is 0. The van der Waals surface area contributed by atoms with Crippen LogP contribution in [0, 0.1) is 18.3 Å². The van der Waals surface area contributed by atoms with E-state index in [0.29, 0.717) is 5.56 Å². The van der Waals surface area contributed by atoms with E-state index in [1.165, 1.54) is 4.57 Å². The molecule has 0 radical (unpaired) electrons. The van der Waals surface area contributed by atoms with Gasteiger partial charge >= 0.3 is 0 Å². The first-order valence-corrected chi connectivity index (χ1v) is 5.83. The quantitative estimate of drug-likeness (QED) is 0.825. The molecule has 0 atom stereocenters. The molecule has 0 aliphatic heterocycles. The van der Waals surface area contributed by atoms with E-state index in [-0.39, 0.29) is 11.1 Å². The molecule has 1 aromatic heterocycles. The van der Waals surface area contributed by atoms with Crippen LogP contribution in [0.3, 0.4) is 0 Å². The first-order valence-electron chi connectivity index (χ1n) is 5.83. The van der Waals surface area contributed by atoms with Crippen LogP contribution in [0.15, 0.2) is 35.1 Å². The summed E-state index contributed by atoms with van der Waals surface area (Å²) in [5.74, 6) is 0.739. The molecule has 96 valence electrons. The van der Waals surface area contributed by atoms with Gasteiger partial charge < -0.3 is 9.30 Å². The Hall–Kier alpha value is -2.54. The Labute approximate surface area is 111 Å². The third kappa shape index (κ3) is 2.23. The molecule has 2 aromatic rings. The van der Waals surface area contributed by atoms with E-state index in [0.717, 1.165) is 17.0 Å². The SMILES string of the molecule is COc1ccc(-c2cc(C)n(C)c(=O)c2C#N)cc1. The fourth-order valence-corrected chi connectivity index (χ4v) is 1.93. The number of methoxy groups -OCH3 is 1. The van der Waals surface area contributed by atoms with Gasteiger partial charge in [0.05, 0.1) is 7.11 Å². The highest BCUT2D eigenvalue weighted by atomic mass is 16.5. The first kappa shape index (κ1) is 12.9. The lowest BCUT2D eigenvalue weighted by molar-refractivity contribution is 0.415. The van der Waals surface area contributed by atoms with Crippen LogP contribution in [-0.2, 0) is 7.05 Å². The van der Waals surface area contributed by atoms with Crippen molar-refractivity contribution in [3.63, 3.8) is 0 Å². The Morgan fingerprint density at radius 2 is 1.89 bits per heavy atom. The summed E-state index contributed by atoms with van der Waals surface area (Å²) in [6.07, 6.45) is 0. The minimum absolute atomic E-state index is 0.165. The number of benzene rings is 1. The van der Waals surface area contributed by atoms with Crippen molar-refractivity contribution >= 4 is 0 Å². The minimum atomic E-state index is -0.270. The van der Waals surface area contributed by atoms with E-state index in [9.17, 15) is 10.1 Å². The zero-order valence-corrected chi connectivity index (χ0v) is 11.1. The Kier molecular flexibility index (Phi) is 3.39. The molecule has 4 nitrogen and oxygen atoms in total. The van der Waals surface area contributed by atoms with Crippen molar-refractivity contribution in [2.24, 2.45) is 7.05 Å². The van der Waals surface area contributed by atoms with Crippen LogP contribution in [0.4, 0.5) is 0 Å². The van der Waals surface area contributed by atoms with Gasteiger partial charge in [-0.15, -0.1) is 0 Å². The van der Waals surface area contributed by atoms with Crippen LogP contribution in [0.1, 0.15) is 11.3 Å². The molecule has 0 spiro atoms. The van der Waals surface area contributed by atoms with E-state index in [1.807, 2.05) is 43.3 Å². The smallest absolute Gasteiger partial charge is 0.269 e. The van der Waals surface area contributed by atoms with Crippen molar-refractivity contribution in [1.29, 1.82) is 5.26 Å². The molecular formula is C15H14N2O2. The summed E-state index contributed by atoms with van der Waals surface area (Å²) in [5, 5.41) is 9.19. The number of hydrogen-bond donors (Lipinski definition) is 0. The lowest BCUT2D eigenvalue weighted by Gasteiger charge is -2.10. The van der Waals surface area contributed by atoms with Gasteiger partial charge in [0.15, 0.2) is 0 Å². The highest BCUT2D eigenvalue weighted by Crippen LogP contribution is 2.24. The van der Waals surface area contributed by atoms with Crippen molar-refractivity contribution in [3.05, 3.63) is 51.9 Å². The maximum Gasteiger partial charge on any atom is 0.269 e. The number of aromatic nitrogens is 1. The third-order valence-corrected chi connectivity index (χ3v) is 3.18. The van der Waals surface area contributed by atoms with Gasteiger partial charge in [-0.1, -0.05) is 12.1 Å². The van der Waals surface area contributed by atoms with Crippen LogP contribution < -0.4 is 10.3 Å². The third-order valence-electron chi connectivity index (χ3n) is 3.18. The van der Waals surface area contributed by atoms with E-state index in [1.54, 1.807) is 14.2 Å². The van der Waals surface area contributed by atoms with E-state index in [4.69, 9.17) is 4.74 Å². The second kappa shape index (κ2) is 4.99. The summed E-state index contributed by atoms with van der Waals surface area (Å²) in [6.45, 7) is 1.84. The van der Waals surface area contributed by atoms with E-state index in [2.05, 4.69) is 0 Å². The largest absolute Gasteiger partial charge is 0.497 e. The minimum Gasteiger partial charge on any atom is -0.497 e. The number of nitriles is 1. The molecule has 0 aliphatic rings. The van der Waals surface area contributed by atoms with E-state index < -0.39 is 0 Å². The zero-order valence-electron chi connectivity index (χ0n) is 11.1. The van der Waals surface area contributed by atoms with Crippen molar-refractivity contribution < 1.29 is 4.74 Å². The molecule has 0 amide bonds. The topological polar surface area (TPSA) is 55.0 Å². The number of aryl methyl sites for hydroxylation is 1. The number of pyridine rings is 1. The Morgan fingerprint density at radius 1 is 1.26 bits per heavy atom. The molecule has 0 aliphatic carbocycles. The highest BCUT2D eigenvalue weighted by molar-refractivity contribution is 5.70. The molecule has 0 fully saturated rings. The Morgan fingerprint density at radius 3 is 2.42 bits per heavy atom. The van der Waals surface area contributed by atoms with Gasteiger partial charge in [0.1, 0.15) is 17.4 Å². The average Bonchev–Trinajstić information content (AvgIpc) is 2.44. The molecule has 0 bridgehead atoms. The Bertz CT molecular complexity index is 707. The molecule has 2 rings (SSSR count). The van der Waals surface area contributed by atoms with Crippen LogP contribution >= 0.6 is 0 Å². The summed E-state index contributed by atoms with van der Waals surface area (Å²) in [6, 6.07) is 11.1. The number of hydrogen-bond acceptors (Lipinski definition) is 3. The monoisotopic (exact) mass is 254 g/mol. The number of nitrogens with zero attached hydrogens (tertiary/aromatic N) is 2. The van der Waals surface area contributed by atoms with Crippen molar-refractivity contribution in [2.75, 3.05) is 7.11 Å². The van der Waals surface area contributed by atoms with Crippen molar-refractivity contribution in [2.45, 2.75) is 6.92 Å². The predicted octanol–water partition coefficient (Wildman–Crippen LogP) is 2.24. The molecule has 0 unspecified atom stereocenters.